The van der Waals surface area contributed by atoms with Gasteiger partial charge in [0.1, 0.15) is 18.3 Å². The van der Waals surface area contributed by atoms with E-state index in [-0.39, 0.29) is 0 Å². The quantitative estimate of drug-likeness (QED) is 0.887. The lowest BCUT2D eigenvalue weighted by Gasteiger charge is -2.32. The van der Waals surface area contributed by atoms with Crippen LogP contribution in [0.4, 0.5) is 0 Å². The third kappa shape index (κ3) is 4.32. The molecule has 3 rings (SSSR count). The van der Waals surface area contributed by atoms with Crippen molar-refractivity contribution in [3.8, 4) is 5.75 Å². The molecule has 0 amide bonds. The maximum atomic E-state index is 5.78. The van der Waals surface area contributed by atoms with Gasteiger partial charge in [-0.1, -0.05) is 25.1 Å². The first-order chi connectivity index (χ1) is 11.4. The number of ether oxygens (including phenoxy) is 1. The minimum absolute atomic E-state index is 0.567. The molecule has 1 aromatic carbocycles. The average molecular weight is 311 g/mol. The fraction of sp³-hybridized carbons (Fsp3) is 0.450. The molecule has 23 heavy (non-hydrogen) atoms. The molecule has 1 saturated heterocycles. The molecule has 1 N–H and O–H groups in total. The Hall–Kier alpha value is -1.87. The molecule has 122 valence electrons. The molecule has 2 aromatic rings. The van der Waals surface area contributed by atoms with E-state index < -0.39 is 0 Å². The predicted octanol–water partition coefficient (Wildman–Crippen LogP) is 3.18. The Morgan fingerprint density at radius 2 is 2.17 bits per heavy atom. The van der Waals surface area contributed by atoms with Gasteiger partial charge in [0.25, 0.3) is 0 Å². The second-order valence-electron chi connectivity index (χ2n) is 6.42. The number of aromatic nitrogens is 1. The summed E-state index contributed by atoms with van der Waals surface area (Å²) in [5.74, 6) is 0.999. The van der Waals surface area contributed by atoms with Crippen LogP contribution in [0.5, 0.6) is 5.75 Å². The number of nitrogens with zero attached hydrogens (tertiary/aromatic N) is 1. The number of hydrogen-bond donors (Lipinski definition) is 1. The first kappa shape index (κ1) is 16.0. The lowest BCUT2D eigenvalue weighted by atomic mass is 9.96. The Bertz CT molecular complexity index is 600. The first-order valence-corrected chi connectivity index (χ1v) is 8.83. The monoisotopic (exact) mass is 311 g/mol. The largest absolute Gasteiger partial charge is 0.494 e. The molecular weight excluding hydrogens is 284 g/mol. The minimum Gasteiger partial charge on any atom is -0.494 e. The lowest BCUT2D eigenvalue weighted by Crippen LogP contribution is -3.11. The van der Waals surface area contributed by atoms with Gasteiger partial charge in [0.05, 0.1) is 13.2 Å². The molecule has 1 aliphatic rings. The highest BCUT2D eigenvalue weighted by Gasteiger charge is 2.27. The average Bonchev–Trinajstić information content (AvgIpc) is 2.61. The summed E-state index contributed by atoms with van der Waals surface area (Å²) in [5, 5.41) is 0. The van der Waals surface area contributed by atoms with E-state index in [1.807, 2.05) is 12.4 Å². The fourth-order valence-corrected chi connectivity index (χ4v) is 3.50. The van der Waals surface area contributed by atoms with Crippen molar-refractivity contribution in [2.75, 3.05) is 13.2 Å². The zero-order chi connectivity index (χ0) is 15.9. The molecule has 0 radical (unpaired) electrons. The summed E-state index contributed by atoms with van der Waals surface area (Å²) < 4.78 is 5.78. The number of quaternary nitrogens is 1. The van der Waals surface area contributed by atoms with Crippen molar-refractivity contribution in [3.05, 3.63) is 59.9 Å². The minimum atomic E-state index is 0.567. The van der Waals surface area contributed by atoms with Crippen LogP contribution in [0.3, 0.4) is 0 Å². The Kier molecular flexibility index (Phi) is 5.65. The number of benzene rings is 1. The Labute approximate surface area is 139 Å². The smallest absolute Gasteiger partial charge is 0.119 e. The van der Waals surface area contributed by atoms with Crippen LogP contribution in [0.15, 0.2) is 48.8 Å². The van der Waals surface area contributed by atoms with Crippen molar-refractivity contribution < 1.29 is 9.64 Å². The van der Waals surface area contributed by atoms with Crippen LogP contribution in [0.2, 0.25) is 0 Å². The van der Waals surface area contributed by atoms with E-state index in [4.69, 9.17) is 4.74 Å². The maximum absolute atomic E-state index is 5.78. The second-order valence-corrected chi connectivity index (χ2v) is 6.42. The standard InChI is InChI=1S/C20H26N2O/c1-2-13-23-19-9-5-7-17(14-19)16-22-12-4-3-10-20(22)18-8-6-11-21-15-18/h5-9,11,14-15,20H,2-4,10,12-13,16H2,1H3/p+1/t20-/m0/s1. The van der Waals surface area contributed by atoms with Crippen LogP contribution in [0.25, 0.3) is 0 Å². The highest BCUT2D eigenvalue weighted by molar-refractivity contribution is 5.28. The van der Waals surface area contributed by atoms with Gasteiger partial charge in [0.2, 0.25) is 0 Å². The van der Waals surface area contributed by atoms with Gasteiger partial charge in [-0.05, 0) is 37.5 Å². The SMILES string of the molecule is CCCOc1cccc(C[NH+]2CCCC[C@H]2c2cccnc2)c1. The summed E-state index contributed by atoms with van der Waals surface area (Å²) in [7, 11) is 0. The van der Waals surface area contributed by atoms with Crippen LogP contribution < -0.4 is 9.64 Å². The van der Waals surface area contributed by atoms with Gasteiger partial charge in [-0.3, -0.25) is 4.98 Å². The zero-order valence-electron chi connectivity index (χ0n) is 14.0. The Morgan fingerprint density at radius 1 is 1.22 bits per heavy atom. The second kappa shape index (κ2) is 8.11. The van der Waals surface area contributed by atoms with Gasteiger partial charge in [0, 0.05) is 29.9 Å². The number of piperidine rings is 1. The van der Waals surface area contributed by atoms with Gasteiger partial charge in [-0.2, -0.15) is 0 Å². The lowest BCUT2D eigenvalue weighted by molar-refractivity contribution is -0.950. The molecule has 2 heterocycles. The van der Waals surface area contributed by atoms with E-state index in [1.165, 1.54) is 36.9 Å². The molecule has 0 bridgehead atoms. The summed E-state index contributed by atoms with van der Waals surface area (Å²) in [4.78, 5) is 5.97. The summed E-state index contributed by atoms with van der Waals surface area (Å²) in [5.41, 5.74) is 2.74. The number of likely N-dealkylation sites (tertiary alicyclic amines) is 1. The highest BCUT2D eigenvalue weighted by atomic mass is 16.5. The van der Waals surface area contributed by atoms with E-state index >= 15 is 0 Å². The van der Waals surface area contributed by atoms with Gasteiger partial charge in [-0.25, -0.2) is 0 Å². The number of pyridine rings is 1. The predicted molar refractivity (Wildman–Crippen MR) is 92.6 cm³/mol. The molecule has 0 saturated carbocycles. The van der Waals surface area contributed by atoms with Crippen LogP contribution in [-0.4, -0.2) is 18.1 Å². The van der Waals surface area contributed by atoms with Gasteiger partial charge >= 0.3 is 0 Å². The van der Waals surface area contributed by atoms with Crippen molar-refractivity contribution in [1.29, 1.82) is 0 Å². The number of rotatable bonds is 6. The normalized spacial score (nSPS) is 21.1. The molecule has 0 spiro atoms. The number of hydrogen-bond acceptors (Lipinski definition) is 2. The van der Waals surface area contributed by atoms with E-state index in [9.17, 15) is 0 Å². The van der Waals surface area contributed by atoms with E-state index in [1.54, 1.807) is 4.90 Å². The highest BCUT2D eigenvalue weighted by Crippen LogP contribution is 2.20. The molecule has 3 nitrogen and oxygen atoms in total. The zero-order valence-corrected chi connectivity index (χ0v) is 14.0. The van der Waals surface area contributed by atoms with Crippen LogP contribution in [-0.2, 0) is 6.54 Å². The summed E-state index contributed by atoms with van der Waals surface area (Å²) >= 11 is 0. The van der Waals surface area contributed by atoms with Crippen molar-refractivity contribution in [2.45, 2.75) is 45.2 Å². The summed E-state index contributed by atoms with van der Waals surface area (Å²) in [6, 6.07) is 13.5. The molecule has 1 fully saturated rings. The molecule has 2 atom stereocenters. The van der Waals surface area contributed by atoms with Crippen molar-refractivity contribution >= 4 is 0 Å². The molecule has 1 aliphatic heterocycles. The third-order valence-corrected chi connectivity index (χ3v) is 4.62. The van der Waals surface area contributed by atoms with Crippen molar-refractivity contribution in [3.63, 3.8) is 0 Å². The van der Waals surface area contributed by atoms with E-state index in [0.717, 1.165) is 25.3 Å². The van der Waals surface area contributed by atoms with E-state index in [0.29, 0.717) is 6.04 Å². The molecule has 3 heteroatoms. The van der Waals surface area contributed by atoms with E-state index in [2.05, 4.69) is 48.3 Å². The summed E-state index contributed by atoms with van der Waals surface area (Å²) in [6.45, 7) is 5.22. The van der Waals surface area contributed by atoms with Crippen LogP contribution in [0.1, 0.15) is 49.8 Å². The maximum Gasteiger partial charge on any atom is 0.119 e. The molecular formula is C20H27N2O+. The Morgan fingerprint density at radius 3 is 3.00 bits per heavy atom. The van der Waals surface area contributed by atoms with Gasteiger partial charge < -0.3 is 9.64 Å². The van der Waals surface area contributed by atoms with Crippen molar-refractivity contribution in [1.82, 2.24) is 4.98 Å². The van der Waals surface area contributed by atoms with Crippen molar-refractivity contribution in [2.24, 2.45) is 0 Å². The van der Waals surface area contributed by atoms with Gasteiger partial charge in [0.15, 0.2) is 0 Å². The Balaban J connectivity index is 1.72. The summed E-state index contributed by atoms with van der Waals surface area (Å²) in [6.07, 6.45) is 8.84. The molecule has 1 aromatic heterocycles. The molecule has 1 unspecified atom stereocenters. The van der Waals surface area contributed by atoms with Gasteiger partial charge in [-0.15, -0.1) is 0 Å². The van der Waals surface area contributed by atoms with Crippen LogP contribution in [0, 0.1) is 0 Å². The fourth-order valence-electron chi connectivity index (χ4n) is 3.50. The third-order valence-electron chi connectivity index (χ3n) is 4.62. The number of nitrogens with one attached hydrogen (secondary N) is 1. The first-order valence-electron chi connectivity index (χ1n) is 8.83. The van der Waals surface area contributed by atoms with Crippen LogP contribution >= 0.6 is 0 Å². The molecule has 0 aliphatic carbocycles. The topological polar surface area (TPSA) is 26.6 Å².